The van der Waals surface area contributed by atoms with Crippen LogP contribution in [-0.4, -0.2) is 25.9 Å². The predicted octanol–water partition coefficient (Wildman–Crippen LogP) is 3.95. The van der Waals surface area contributed by atoms with Crippen LogP contribution < -0.4 is 0 Å². The first-order valence-electron chi connectivity index (χ1n) is 8.38. The van der Waals surface area contributed by atoms with Gasteiger partial charge in [0.25, 0.3) is 0 Å². The van der Waals surface area contributed by atoms with E-state index < -0.39 is 0 Å². The van der Waals surface area contributed by atoms with E-state index in [1.807, 2.05) is 18.6 Å². The molecule has 2 heterocycles. The average Bonchev–Trinajstić information content (AvgIpc) is 3.00. The summed E-state index contributed by atoms with van der Waals surface area (Å²) in [6.07, 6.45) is 10.3. The molecule has 4 heteroatoms. The van der Waals surface area contributed by atoms with Gasteiger partial charge < -0.3 is 4.98 Å². The summed E-state index contributed by atoms with van der Waals surface area (Å²) in [5.41, 5.74) is 2.52. The summed E-state index contributed by atoms with van der Waals surface area (Å²) in [5.74, 6) is 1.12. The third-order valence-corrected chi connectivity index (χ3v) is 4.17. The van der Waals surface area contributed by atoms with Crippen molar-refractivity contribution < 1.29 is 0 Å². The molecule has 1 unspecified atom stereocenters. The maximum atomic E-state index is 4.51. The van der Waals surface area contributed by atoms with Gasteiger partial charge in [0, 0.05) is 49.8 Å². The first kappa shape index (κ1) is 16.7. The van der Waals surface area contributed by atoms with Gasteiger partial charge in [-0.15, -0.1) is 0 Å². The highest BCUT2D eigenvalue weighted by atomic mass is 15.2. The second-order valence-corrected chi connectivity index (χ2v) is 5.98. The molecule has 0 aliphatic carbocycles. The number of unbranched alkanes of at least 4 members (excludes halogenated alkanes) is 1. The molecule has 0 amide bonds. The predicted molar refractivity (Wildman–Crippen MR) is 90.4 cm³/mol. The Labute approximate surface area is 134 Å². The van der Waals surface area contributed by atoms with Crippen LogP contribution in [0.1, 0.15) is 57.1 Å². The number of aromatic amines is 1. The average molecular weight is 300 g/mol. The smallest absolute Gasteiger partial charge is 0.106 e. The quantitative estimate of drug-likeness (QED) is 0.762. The van der Waals surface area contributed by atoms with Crippen molar-refractivity contribution in [2.45, 2.75) is 65.6 Å². The minimum atomic E-state index is 0.538. The molecule has 0 aromatic carbocycles. The molecule has 2 aromatic heterocycles. The van der Waals surface area contributed by atoms with Gasteiger partial charge in [0.2, 0.25) is 0 Å². The zero-order valence-electron chi connectivity index (χ0n) is 14.0. The first-order chi connectivity index (χ1) is 10.7. The van der Waals surface area contributed by atoms with Gasteiger partial charge in [-0.2, -0.15) is 0 Å². The monoisotopic (exact) mass is 300 g/mol. The minimum absolute atomic E-state index is 0.538. The number of aryl methyl sites for hydroxylation is 1. The van der Waals surface area contributed by atoms with Crippen molar-refractivity contribution in [3.05, 3.63) is 47.8 Å². The van der Waals surface area contributed by atoms with Crippen LogP contribution in [0, 0.1) is 0 Å². The topological polar surface area (TPSA) is 44.8 Å². The van der Waals surface area contributed by atoms with Crippen LogP contribution >= 0.6 is 0 Å². The van der Waals surface area contributed by atoms with E-state index in [0.717, 1.165) is 31.8 Å². The van der Waals surface area contributed by atoms with E-state index in [9.17, 15) is 0 Å². The van der Waals surface area contributed by atoms with Gasteiger partial charge >= 0.3 is 0 Å². The minimum Gasteiger partial charge on any atom is -0.345 e. The molecule has 0 radical (unpaired) electrons. The largest absolute Gasteiger partial charge is 0.345 e. The Balaban J connectivity index is 2.01. The Bertz CT molecular complexity index is 535. The zero-order valence-corrected chi connectivity index (χ0v) is 14.0. The van der Waals surface area contributed by atoms with Crippen molar-refractivity contribution in [2.24, 2.45) is 0 Å². The number of hydrogen-bond acceptors (Lipinski definition) is 3. The lowest BCUT2D eigenvalue weighted by Crippen LogP contribution is -2.31. The van der Waals surface area contributed by atoms with Crippen LogP contribution in [0.5, 0.6) is 0 Å². The number of hydrogen-bond donors (Lipinski definition) is 1. The summed E-state index contributed by atoms with van der Waals surface area (Å²) in [5, 5.41) is 0. The number of nitrogens with one attached hydrogen (secondary N) is 1. The fourth-order valence-electron chi connectivity index (χ4n) is 2.52. The molecule has 0 saturated carbocycles. The first-order valence-corrected chi connectivity index (χ1v) is 8.38. The van der Waals surface area contributed by atoms with Gasteiger partial charge in [-0.25, -0.2) is 4.98 Å². The van der Waals surface area contributed by atoms with Crippen molar-refractivity contribution in [2.75, 3.05) is 0 Å². The van der Waals surface area contributed by atoms with Crippen LogP contribution in [0.15, 0.2) is 30.7 Å². The molecule has 0 spiro atoms. The summed E-state index contributed by atoms with van der Waals surface area (Å²) in [7, 11) is 0. The van der Waals surface area contributed by atoms with Crippen LogP contribution in [0.3, 0.4) is 0 Å². The normalized spacial score (nSPS) is 12.7. The van der Waals surface area contributed by atoms with Crippen LogP contribution in [-0.2, 0) is 19.5 Å². The lowest BCUT2D eigenvalue weighted by Gasteiger charge is -2.27. The number of aromatic nitrogens is 3. The van der Waals surface area contributed by atoms with Crippen molar-refractivity contribution in [3.63, 3.8) is 0 Å². The van der Waals surface area contributed by atoms with Gasteiger partial charge in [0.1, 0.15) is 5.82 Å². The van der Waals surface area contributed by atoms with Gasteiger partial charge in [-0.3, -0.25) is 9.88 Å². The Morgan fingerprint density at radius 1 is 1.18 bits per heavy atom. The zero-order chi connectivity index (χ0) is 15.8. The second kappa shape index (κ2) is 8.69. The van der Waals surface area contributed by atoms with E-state index in [1.165, 1.54) is 24.1 Å². The summed E-state index contributed by atoms with van der Waals surface area (Å²) in [4.78, 5) is 14.6. The second-order valence-electron chi connectivity index (χ2n) is 5.98. The van der Waals surface area contributed by atoms with Gasteiger partial charge in [0.15, 0.2) is 0 Å². The molecule has 1 N–H and O–H groups in total. The lowest BCUT2D eigenvalue weighted by molar-refractivity contribution is 0.184. The molecule has 2 aromatic rings. The van der Waals surface area contributed by atoms with Crippen molar-refractivity contribution >= 4 is 0 Å². The van der Waals surface area contributed by atoms with Crippen LogP contribution in [0.4, 0.5) is 0 Å². The molecule has 2 rings (SSSR count). The molecule has 0 saturated heterocycles. The highest BCUT2D eigenvalue weighted by Crippen LogP contribution is 2.14. The van der Waals surface area contributed by atoms with Crippen LogP contribution in [0.25, 0.3) is 0 Å². The van der Waals surface area contributed by atoms with Gasteiger partial charge in [-0.1, -0.05) is 20.3 Å². The van der Waals surface area contributed by atoms with E-state index in [-0.39, 0.29) is 0 Å². The van der Waals surface area contributed by atoms with Gasteiger partial charge in [0.05, 0.1) is 0 Å². The molecule has 4 nitrogen and oxygen atoms in total. The number of rotatable bonds is 9. The van der Waals surface area contributed by atoms with Crippen LogP contribution in [0.2, 0.25) is 0 Å². The SMILES string of the molecule is CCCCc1ncc(CN(Cc2ccncc2)C(C)CC)[nH]1. The van der Waals surface area contributed by atoms with Crippen molar-refractivity contribution in [1.82, 2.24) is 19.9 Å². The Kier molecular flexibility index (Phi) is 6.59. The van der Waals surface area contributed by atoms with E-state index in [2.05, 4.69) is 52.8 Å². The van der Waals surface area contributed by atoms with E-state index in [1.54, 1.807) is 0 Å². The number of H-pyrrole nitrogens is 1. The fraction of sp³-hybridized carbons (Fsp3) is 0.556. The summed E-state index contributed by atoms with van der Waals surface area (Å²) in [6, 6.07) is 4.72. The van der Waals surface area contributed by atoms with Crippen molar-refractivity contribution in [1.29, 1.82) is 0 Å². The van der Waals surface area contributed by atoms with Gasteiger partial charge in [-0.05, 0) is 37.5 Å². The molecule has 0 bridgehead atoms. The maximum Gasteiger partial charge on any atom is 0.106 e. The third-order valence-electron chi connectivity index (χ3n) is 4.17. The number of imidazole rings is 1. The maximum absolute atomic E-state index is 4.51. The molecule has 0 aliphatic heterocycles. The summed E-state index contributed by atoms with van der Waals surface area (Å²) in [6.45, 7) is 8.60. The highest BCUT2D eigenvalue weighted by Gasteiger charge is 2.14. The molecule has 120 valence electrons. The molecule has 1 atom stereocenters. The lowest BCUT2D eigenvalue weighted by atomic mass is 10.1. The highest BCUT2D eigenvalue weighted by molar-refractivity contribution is 5.10. The molecule has 0 fully saturated rings. The Morgan fingerprint density at radius 3 is 2.64 bits per heavy atom. The number of pyridine rings is 1. The van der Waals surface area contributed by atoms with E-state index in [0.29, 0.717) is 6.04 Å². The molecule has 22 heavy (non-hydrogen) atoms. The standard InChI is InChI=1S/C18H28N4/c1-4-6-7-18-20-12-17(21-18)14-22(15(3)5-2)13-16-8-10-19-11-9-16/h8-12,15H,4-7,13-14H2,1-3H3,(H,20,21). The molecular formula is C18H28N4. The van der Waals surface area contributed by atoms with E-state index >= 15 is 0 Å². The van der Waals surface area contributed by atoms with E-state index in [4.69, 9.17) is 0 Å². The summed E-state index contributed by atoms with van der Waals surface area (Å²) >= 11 is 0. The fourth-order valence-corrected chi connectivity index (χ4v) is 2.52. The summed E-state index contributed by atoms with van der Waals surface area (Å²) < 4.78 is 0. The Hall–Kier alpha value is -1.68. The number of nitrogens with zero attached hydrogens (tertiary/aromatic N) is 3. The molecule has 0 aliphatic rings. The molecular weight excluding hydrogens is 272 g/mol. The van der Waals surface area contributed by atoms with Crippen molar-refractivity contribution in [3.8, 4) is 0 Å². The third kappa shape index (κ3) is 4.95. The Morgan fingerprint density at radius 2 is 1.95 bits per heavy atom.